The summed E-state index contributed by atoms with van der Waals surface area (Å²) >= 11 is 0.634. The number of rotatable bonds is 2. The first-order valence-electron chi connectivity index (χ1n) is 3.49. The summed E-state index contributed by atoms with van der Waals surface area (Å²) < 4.78 is 29.4. The molecule has 0 aliphatic carbocycles. The van der Waals surface area contributed by atoms with Gasteiger partial charge in [0, 0.05) is 6.26 Å². The van der Waals surface area contributed by atoms with Crippen LogP contribution in [0.4, 0.5) is 0 Å². The topological polar surface area (TPSA) is 86.7 Å². The highest BCUT2D eigenvalue weighted by Crippen LogP contribution is 2.35. The van der Waals surface area contributed by atoms with Gasteiger partial charge in [-0.15, -0.1) is 0 Å². The molecule has 0 atom stereocenters. The van der Waals surface area contributed by atoms with E-state index in [0.29, 0.717) is 11.8 Å². The smallest absolute Gasteiger partial charge is 0.399 e. The quantitative estimate of drug-likeness (QED) is 0.474. The molecule has 0 aromatic heterocycles. The molecule has 1 heterocycles. The van der Waals surface area contributed by atoms with Crippen molar-refractivity contribution >= 4 is 33.5 Å². The van der Waals surface area contributed by atoms with Crippen molar-refractivity contribution in [3.63, 3.8) is 0 Å². The fraction of sp³-hybridized carbons (Fsp3) is 0.667. The third-order valence-electron chi connectivity index (χ3n) is 1.47. The second-order valence-corrected chi connectivity index (χ2v) is 5.89. The monoisotopic (exact) mass is 240 g/mol. The summed E-state index contributed by atoms with van der Waals surface area (Å²) in [7, 11) is -3.83. The molecule has 1 rings (SSSR count). The molecule has 1 aliphatic heterocycles. The van der Waals surface area contributed by atoms with E-state index in [0.717, 1.165) is 6.26 Å². The maximum atomic E-state index is 11.3. The van der Waals surface area contributed by atoms with E-state index in [2.05, 4.69) is 9.47 Å². The van der Waals surface area contributed by atoms with Gasteiger partial charge in [0.05, 0.1) is 0 Å². The molecular formula is C6H8O6S2. The first-order valence-corrected chi connectivity index (χ1v) is 6.61. The van der Waals surface area contributed by atoms with E-state index >= 15 is 0 Å². The largest absolute Gasteiger partial charge is 0.412 e. The molecule has 6 nitrogen and oxygen atoms in total. The highest BCUT2D eigenvalue weighted by molar-refractivity contribution is 8.13. The first kappa shape index (κ1) is 11.3. The van der Waals surface area contributed by atoms with Gasteiger partial charge in [-0.2, -0.15) is 0 Å². The Balaban J connectivity index is 3.12. The van der Waals surface area contributed by atoms with Crippen LogP contribution in [0.2, 0.25) is 0 Å². The predicted molar refractivity (Wildman–Crippen MR) is 47.9 cm³/mol. The third-order valence-corrected chi connectivity index (χ3v) is 4.62. The predicted octanol–water partition coefficient (Wildman–Crippen LogP) is -0.505. The lowest BCUT2D eigenvalue weighted by Crippen LogP contribution is -2.47. The molecule has 1 saturated heterocycles. The van der Waals surface area contributed by atoms with E-state index in [1.54, 1.807) is 0 Å². The Kier molecular flexibility index (Phi) is 2.77. The molecule has 0 unspecified atom stereocenters. The molecule has 1 aliphatic rings. The molecule has 0 aromatic carbocycles. The Labute approximate surface area is 84.9 Å². The number of esters is 2. The summed E-state index contributed by atoms with van der Waals surface area (Å²) in [5.74, 6) is -1.80. The number of carbonyl (C=O) groups excluding carboxylic acids is 2. The van der Waals surface area contributed by atoms with Crippen molar-refractivity contribution in [2.45, 2.75) is 10.9 Å². The van der Waals surface area contributed by atoms with Crippen LogP contribution in [0.25, 0.3) is 0 Å². The van der Waals surface area contributed by atoms with E-state index in [9.17, 15) is 18.0 Å². The maximum Gasteiger partial charge on any atom is 0.412 e. The van der Waals surface area contributed by atoms with Gasteiger partial charge in [0.1, 0.15) is 6.42 Å². The van der Waals surface area contributed by atoms with Gasteiger partial charge in [-0.05, 0) is 6.26 Å². The van der Waals surface area contributed by atoms with Gasteiger partial charge in [0.15, 0.2) is 0 Å². The van der Waals surface area contributed by atoms with Crippen molar-refractivity contribution in [1.82, 2.24) is 0 Å². The Morgan fingerprint density at radius 2 is 1.71 bits per heavy atom. The van der Waals surface area contributed by atoms with Gasteiger partial charge in [-0.1, -0.05) is 11.8 Å². The zero-order chi connectivity index (χ0) is 11.0. The van der Waals surface area contributed by atoms with Crippen molar-refractivity contribution in [3.05, 3.63) is 0 Å². The van der Waals surface area contributed by atoms with Gasteiger partial charge < -0.3 is 9.47 Å². The van der Waals surface area contributed by atoms with E-state index in [-0.39, 0.29) is 0 Å². The van der Waals surface area contributed by atoms with Crippen molar-refractivity contribution in [3.8, 4) is 0 Å². The lowest BCUT2D eigenvalue weighted by molar-refractivity contribution is -0.195. The average Bonchev–Trinajstić information content (AvgIpc) is 2.00. The van der Waals surface area contributed by atoms with Crippen LogP contribution in [0.3, 0.4) is 0 Å². The van der Waals surface area contributed by atoms with E-state index < -0.39 is 32.6 Å². The second-order valence-electron chi connectivity index (χ2n) is 2.60. The molecule has 0 N–H and O–H groups in total. The molecule has 0 aromatic rings. The summed E-state index contributed by atoms with van der Waals surface area (Å²) in [4.78, 5) is 21.8. The zero-order valence-corrected chi connectivity index (χ0v) is 9.11. The minimum atomic E-state index is -3.83. The van der Waals surface area contributed by atoms with Gasteiger partial charge in [-0.25, -0.2) is 8.42 Å². The van der Waals surface area contributed by atoms with Crippen LogP contribution < -0.4 is 0 Å². The number of thioether (sulfide) groups is 1. The van der Waals surface area contributed by atoms with Gasteiger partial charge in [0.25, 0.3) is 0 Å². The van der Waals surface area contributed by atoms with Crippen LogP contribution in [0.1, 0.15) is 6.42 Å². The lowest BCUT2D eigenvalue weighted by Gasteiger charge is -2.31. The number of carbonyl (C=O) groups is 2. The number of cyclic esters (lactones) is 2. The maximum absolute atomic E-state index is 11.3. The molecule has 0 spiro atoms. The zero-order valence-electron chi connectivity index (χ0n) is 7.47. The minimum absolute atomic E-state index is 0.558. The lowest BCUT2D eigenvalue weighted by atomic mass is 10.4. The molecule has 14 heavy (non-hydrogen) atoms. The van der Waals surface area contributed by atoms with Crippen molar-refractivity contribution in [2.75, 3.05) is 12.5 Å². The number of hydrogen-bond acceptors (Lipinski definition) is 7. The van der Waals surface area contributed by atoms with Crippen molar-refractivity contribution in [2.24, 2.45) is 0 Å². The molecule has 1 fully saturated rings. The fourth-order valence-electron chi connectivity index (χ4n) is 0.876. The summed E-state index contributed by atoms with van der Waals surface area (Å²) in [5.41, 5.74) is 0. The Morgan fingerprint density at radius 3 is 2.00 bits per heavy atom. The average molecular weight is 240 g/mol. The minimum Gasteiger partial charge on any atom is -0.399 e. The standard InChI is InChI=1S/C6H8O6S2/c1-13-6(14(2,9)10)11-4(7)3-5(8)12-6/h3H2,1-2H3. The van der Waals surface area contributed by atoms with Crippen LogP contribution in [0.5, 0.6) is 0 Å². The summed E-state index contributed by atoms with van der Waals surface area (Å²) in [6, 6.07) is 0. The summed E-state index contributed by atoms with van der Waals surface area (Å²) in [6.45, 7) is 0. The number of hydrogen-bond donors (Lipinski definition) is 0. The molecular weight excluding hydrogens is 232 g/mol. The normalized spacial score (nSPS) is 21.3. The fourth-order valence-corrected chi connectivity index (χ4v) is 2.93. The molecule has 0 amide bonds. The molecule has 80 valence electrons. The highest BCUT2D eigenvalue weighted by atomic mass is 32.3. The number of sulfone groups is 1. The van der Waals surface area contributed by atoms with Crippen LogP contribution in [0, 0.1) is 0 Å². The molecule has 0 saturated carbocycles. The van der Waals surface area contributed by atoms with Crippen LogP contribution in [-0.2, 0) is 28.9 Å². The third kappa shape index (κ3) is 1.85. The van der Waals surface area contributed by atoms with E-state index in [4.69, 9.17) is 0 Å². The molecule has 8 heteroatoms. The SMILES string of the molecule is CSC1(S(C)(=O)=O)OC(=O)CC(=O)O1. The van der Waals surface area contributed by atoms with Crippen LogP contribution in [-0.4, -0.2) is 37.3 Å². The van der Waals surface area contributed by atoms with Gasteiger partial charge in [-0.3, -0.25) is 9.59 Å². The van der Waals surface area contributed by atoms with Crippen LogP contribution in [0.15, 0.2) is 0 Å². The summed E-state index contributed by atoms with van der Waals surface area (Å²) in [6.07, 6.45) is 1.64. The number of ether oxygens (including phenoxy) is 2. The van der Waals surface area contributed by atoms with E-state index in [1.807, 2.05) is 0 Å². The Morgan fingerprint density at radius 1 is 1.29 bits per heavy atom. The van der Waals surface area contributed by atoms with Crippen molar-refractivity contribution < 1.29 is 27.5 Å². The van der Waals surface area contributed by atoms with Crippen LogP contribution >= 0.6 is 11.8 Å². The Bertz CT molecular complexity index is 354. The molecule has 0 bridgehead atoms. The first-order chi connectivity index (χ1) is 6.31. The van der Waals surface area contributed by atoms with Gasteiger partial charge >= 0.3 is 16.4 Å². The Hall–Kier alpha value is -0.760. The van der Waals surface area contributed by atoms with E-state index in [1.165, 1.54) is 6.26 Å². The second kappa shape index (κ2) is 3.43. The highest BCUT2D eigenvalue weighted by Gasteiger charge is 2.52. The molecule has 0 radical (unpaired) electrons. The van der Waals surface area contributed by atoms with Crippen molar-refractivity contribution in [1.29, 1.82) is 0 Å². The van der Waals surface area contributed by atoms with Gasteiger partial charge in [0.2, 0.25) is 9.84 Å². The summed E-state index contributed by atoms with van der Waals surface area (Å²) in [5, 5.41) is 0.